The Morgan fingerprint density at radius 3 is 2.37 bits per heavy atom. The predicted molar refractivity (Wildman–Crippen MR) is 69.9 cm³/mol. The van der Waals surface area contributed by atoms with Crippen LogP contribution >= 0.6 is 0 Å². The lowest BCUT2D eigenvalue weighted by molar-refractivity contribution is -0.385. The maximum atomic E-state index is 11.8. The Morgan fingerprint density at radius 2 is 1.79 bits per heavy atom. The van der Waals surface area contributed by atoms with Gasteiger partial charge in [0.25, 0.3) is 5.69 Å². The number of ether oxygens (including phenoxy) is 1. The molecule has 0 aromatic heterocycles. The summed E-state index contributed by atoms with van der Waals surface area (Å²) in [6.07, 6.45) is 0. The van der Waals surface area contributed by atoms with Crippen LogP contribution in [0.25, 0.3) is 11.1 Å². The molecule has 0 aliphatic heterocycles. The molecule has 0 aliphatic carbocycles. The zero-order valence-electron chi connectivity index (χ0n) is 10.2. The van der Waals surface area contributed by atoms with Gasteiger partial charge in [0.2, 0.25) is 0 Å². The van der Waals surface area contributed by atoms with E-state index < -0.39 is 10.9 Å². The molecule has 0 amide bonds. The van der Waals surface area contributed by atoms with Crippen LogP contribution in [0.2, 0.25) is 0 Å². The third kappa shape index (κ3) is 2.44. The molecule has 0 atom stereocenters. The normalized spacial score (nSPS) is 9.95. The number of nitro benzene ring substituents is 1. The zero-order valence-corrected chi connectivity index (χ0v) is 10.2. The number of benzene rings is 2. The molecule has 0 aliphatic rings. The molecule has 0 radical (unpaired) electrons. The fraction of sp³-hybridized carbons (Fsp3) is 0.0714. The van der Waals surface area contributed by atoms with Gasteiger partial charge in [-0.05, 0) is 5.56 Å². The Kier molecular flexibility index (Phi) is 3.56. The molecule has 0 spiro atoms. The number of nitrogens with zero attached hydrogens (tertiary/aromatic N) is 1. The van der Waals surface area contributed by atoms with Crippen LogP contribution < -0.4 is 0 Å². The van der Waals surface area contributed by atoms with Gasteiger partial charge in [0.1, 0.15) is 5.56 Å². The summed E-state index contributed by atoms with van der Waals surface area (Å²) < 4.78 is 4.65. The Balaban J connectivity index is 2.71. The van der Waals surface area contributed by atoms with Crippen LogP contribution in [0.15, 0.2) is 48.5 Å². The number of carbonyl (C=O) groups excluding carboxylic acids is 1. The van der Waals surface area contributed by atoms with Crippen molar-refractivity contribution in [3.05, 3.63) is 64.2 Å². The standard InChI is InChI=1S/C14H11NO4/c1-19-14(16)13-11(10-6-3-2-4-7-10)8-5-9-12(13)15(17)18/h2-9H,1H3. The predicted octanol–water partition coefficient (Wildman–Crippen LogP) is 3.05. The first-order chi connectivity index (χ1) is 9.15. The van der Waals surface area contributed by atoms with Crippen LogP contribution in [0.3, 0.4) is 0 Å². The van der Waals surface area contributed by atoms with Crippen LogP contribution in [0, 0.1) is 10.1 Å². The van der Waals surface area contributed by atoms with Gasteiger partial charge >= 0.3 is 5.97 Å². The number of hydrogen-bond acceptors (Lipinski definition) is 4. The summed E-state index contributed by atoms with van der Waals surface area (Å²) in [4.78, 5) is 22.2. The van der Waals surface area contributed by atoms with Gasteiger partial charge in [0, 0.05) is 11.6 Å². The number of esters is 1. The highest BCUT2D eigenvalue weighted by molar-refractivity contribution is 6.01. The van der Waals surface area contributed by atoms with E-state index in [9.17, 15) is 14.9 Å². The van der Waals surface area contributed by atoms with Crippen molar-refractivity contribution < 1.29 is 14.5 Å². The number of nitro groups is 1. The largest absolute Gasteiger partial charge is 0.465 e. The van der Waals surface area contributed by atoms with Crippen molar-refractivity contribution in [2.75, 3.05) is 7.11 Å². The summed E-state index contributed by atoms with van der Waals surface area (Å²) in [6, 6.07) is 13.5. The maximum Gasteiger partial charge on any atom is 0.345 e. The lowest BCUT2D eigenvalue weighted by Gasteiger charge is -2.08. The van der Waals surface area contributed by atoms with Crippen molar-refractivity contribution in [2.24, 2.45) is 0 Å². The maximum absolute atomic E-state index is 11.8. The van der Waals surface area contributed by atoms with Crippen LogP contribution in [0.4, 0.5) is 5.69 Å². The van der Waals surface area contributed by atoms with E-state index in [2.05, 4.69) is 4.74 Å². The molecule has 0 heterocycles. The second-order valence-corrected chi connectivity index (χ2v) is 3.81. The average Bonchev–Trinajstić information content (AvgIpc) is 2.46. The van der Waals surface area contributed by atoms with E-state index in [0.717, 1.165) is 5.56 Å². The van der Waals surface area contributed by atoms with E-state index in [4.69, 9.17) is 0 Å². The molecule has 2 aromatic rings. The Labute approximate surface area is 109 Å². The molecule has 2 rings (SSSR count). The minimum Gasteiger partial charge on any atom is -0.465 e. The van der Waals surface area contributed by atoms with Gasteiger partial charge < -0.3 is 4.74 Å². The molecule has 2 aromatic carbocycles. The van der Waals surface area contributed by atoms with Crippen molar-refractivity contribution in [3.8, 4) is 11.1 Å². The first-order valence-corrected chi connectivity index (χ1v) is 5.56. The topological polar surface area (TPSA) is 69.4 Å². The van der Waals surface area contributed by atoms with E-state index >= 15 is 0 Å². The van der Waals surface area contributed by atoms with Crippen molar-refractivity contribution in [2.45, 2.75) is 0 Å². The quantitative estimate of drug-likeness (QED) is 0.481. The second-order valence-electron chi connectivity index (χ2n) is 3.81. The van der Waals surface area contributed by atoms with Gasteiger partial charge in [-0.3, -0.25) is 10.1 Å². The smallest absolute Gasteiger partial charge is 0.345 e. The summed E-state index contributed by atoms with van der Waals surface area (Å²) in [5.41, 5.74) is 0.933. The fourth-order valence-corrected chi connectivity index (χ4v) is 1.87. The summed E-state index contributed by atoms with van der Waals surface area (Å²) in [5.74, 6) is -0.717. The average molecular weight is 257 g/mol. The van der Waals surface area contributed by atoms with Gasteiger partial charge in [-0.25, -0.2) is 4.79 Å². The van der Waals surface area contributed by atoms with Crippen LogP contribution in [0.5, 0.6) is 0 Å². The monoisotopic (exact) mass is 257 g/mol. The van der Waals surface area contributed by atoms with Crippen molar-refractivity contribution >= 4 is 11.7 Å². The number of methoxy groups -OCH3 is 1. The molecule has 5 heteroatoms. The molecular weight excluding hydrogens is 246 g/mol. The highest BCUT2D eigenvalue weighted by Crippen LogP contribution is 2.30. The molecule has 96 valence electrons. The fourth-order valence-electron chi connectivity index (χ4n) is 1.87. The highest BCUT2D eigenvalue weighted by Gasteiger charge is 2.25. The van der Waals surface area contributed by atoms with Gasteiger partial charge in [0.05, 0.1) is 12.0 Å². The number of rotatable bonds is 3. The summed E-state index contributed by atoms with van der Waals surface area (Å²) in [5, 5.41) is 11.0. The first kappa shape index (κ1) is 12.8. The van der Waals surface area contributed by atoms with Gasteiger partial charge in [-0.15, -0.1) is 0 Å². The highest BCUT2D eigenvalue weighted by atomic mass is 16.6. The molecule has 19 heavy (non-hydrogen) atoms. The van der Waals surface area contributed by atoms with Crippen LogP contribution in [-0.2, 0) is 4.74 Å². The van der Waals surface area contributed by atoms with Crippen molar-refractivity contribution in [3.63, 3.8) is 0 Å². The van der Waals surface area contributed by atoms with E-state index in [1.165, 1.54) is 13.2 Å². The number of carbonyl (C=O) groups is 1. The Bertz CT molecular complexity index is 623. The summed E-state index contributed by atoms with van der Waals surface area (Å²) in [6.45, 7) is 0. The van der Waals surface area contributed by atoms with Gasteiger partial charge in [0.15, 0.2) is 0 Å². The van der Waals surface area contributed by atoms with Gasteiger partial charge in [-0.1, -0.05) is 42.5 Å². The zero-order chi connectivity index (χ0) is 13.8. The third-order valence-electron chi connectivity index (χ3n) is 2.71. The molecule has 0 saturated carbocycles. The molecule has 0 unspecified atom stereocenters. The molecular formula is C14H11NO4. The van der Waals surface area contributed by atoms with Gasteiger partial charge in [-0.2, -0.15) is 0 Å². The van der Waals surface area contributed by atoms with Crippen molar-refractivity contribution in [1.82, 2.24) is 0 Å². The first-order valence-electron chi connectivity index (χ1n) is 5.56. The van der Waals surface area contributed by atoms with Crippen LogP contribution in [-0.4, -0.2) is 18.0 Å². The molecule has 0 bridgehead atoms. The molecule has 0 saturated heterocycles. The molecule has 0 fully saturated rings. The molecule has 5 nitrogen and oxygen atoms in total. The van der Waals surface area contributed by atoms with Crippen molar-refractivity contribution in [1.29, 1.82) is 0 Å². The third-order valence-corrected chi connectivity index (χ3v) is 2.71. The molecule has 0 N–H and O–H groups in total. The Hall–Kier alpha value is -2.69. The summed E-state index contributed by atoms with van der Waals surface area (Å²) in [7, 11) is 1.20. The van der Waals surface area contributed by atoms with E-state index in [1.54, 1.807) is 36.4 Å². The Morgan fingerprint density at radius 1 is 1.11 bits per heavy atom. The lowest BCUT2D eigenvalue weighted by atomic mass is 9.98. The number of hydrogen-bond donors (Lipinski definition) is 0. The minimum atomic E-state index is -0.717. The summed E-state index contributed by atoms with van der Waals surface area (Å²) >= 11 is 0. The SMILES string of the molecule is COC(=O)c1c(-c2ccccc2)cccc1[N+](=O)[O-]. The van der Waals surface area contributed by atoms with E-state index in [1.807, 2.05) is 6.07 Å². The van der Waals surface area contributed by atoms with E-state index in [0.29, 0.717) is 5.56 Å². The van der Waals surface area contributed by atoms with E-state index in [-0.39, 0.29) is 11.3 Å². The second kappa shape index (κ2) is 5.30. The van der Waals surface area contributed by atoms with Crippen LogP contribution in [0.1, 0.15) is 10.4 Å². The minimum absolute atomic E-state index is 0.0267. The lowest BCUT2D eigenvalue weighted by Crippen LogP contribution is -2.07.